The Balaban J connectivity index is 2.20. The highest BCUT2D eigenvalue weighted by atomic mass is 16.5. The average Bonchev–Trinajstić information content (AvgIpc) is 2.77. The van der Waals surface area contributed by atoms with Crippen LogP contribution < -0.4 is 0 Å². The van der Waals surface area contributed by atoms with E-state index < -0.39 is 5.92 Å². The van der Waals surface area contributed by atoms with E-state index in [1.807, 2.05) is 6.92 Å². The molecule has 0 saturated carbocycles. The molecular formula is C13H14N2O2. The highest BCUT2D eigenvalue weighted by Gasteiger charge is 2.35. The summed E-state index contributed by atoms with van der Waals surface area (Å²) in [6, 6.07) is 5.51. The Kier molecular flexibility index (Phi) is 3.50. The molecule has 0 radical (unpaired) electrons. The van der Waals surface area contributed by atoms with Crippen LogP contribution in [0.15, 0.2) is 24.5 Å². The molecule has 1 fully saturated rings. The van der Waals surface area contributed by atoms with Crippen molar-refractivity contribution >= 4 is 5.78 Å². The summed E-state index contributed by atoms with van der Waals surface area (Å²) < 4.78 is 5.37. The van der Waals surface area contributed by atoms with Gasteiger partial charge in [-0.1, -0.05) is 0 Å². The lowest BCUT2D eigenvalue weighted by Gasteiger charge is -2.16. The number of carbonyl (C=O) groups is 1. The van der Waals surface area contributed by atoms with Gasteiger partial charge in [0.2, 0.25) is 0 Å². The fourth-order valence-corrected chi connectivity index (χ4v) is 2.18. The highest BCUT2D eigenvalue weighted by Crippen LogP contribution is 2.28. The second-order valence-electron chi connectivity index (χ2n) is 4.22. The number of Topliss-reactive ketones (excluding diaryl/α,β-unsaturated/α-hetero) is 1. The van der Waals surface area contributed by atoms with Crippen molar-refractivity contribution in [1.29, 1.82) is 5.26 Å². The maximum Gasteiger partial charge on any atom is 0.160 e. The van der Waals surface area contributed by atoms with E-state index in [2.05, 4.69) is 11.1 Å². The van der Waals surface area contributed by atoms with Gasteiger partial charge in [0.25, 0.3) is 0 Å². The molecular weight excluding hydrogens is 216 g/mol. The third-order valence-electron chi connectivity index (χ3n) is 3.19. The van der Waals surface area contributed by atoms with Crippen molar-refractivity contribution in [2.24, 2.45) is 5.92 Å². The Morgan fingerprint density at radius 2 is 2.29 bits per heavy atom. The van der Waals surface area contributed by atoms with Crippen LogP contribution in [0.4, 0.5) is 0 Å². The molecule has 0 aromatic carbocycles. The van der Waals surface area contributed by atoms with Crippen molar-refractivity contribution in [3.63, 3.8) is 0 Å². The molecule has 4 nitrogen and oxygen atoms in total. The third-order valence-corrected chi connectivity index (χ3v) is 3.19. The molecule has 1 saturated heterocycles. The minimum absolute atomic E-state index is 0.0382. The number of pyridine rings is 1. The molecule has 0 spiro atoms. The molecule has 0 bridgehead atoms. The number of ether oxygens (including phenoxy) is 1. The van der Waals surface area contributed by atoms with Crippen LogP contribution in [0.1, 0.15) is 24.8 Å². The van der Waals surface area contributed by atoms with Crippen LogP contribution in [0.3, 0.4) is 0 Å². The van der Waals surface area contributed by atoms with Crippen molar-refractivity contribution in [3.05, 3.63) is 30.1 Å². The molecule has 0 aliphatic carbocycles. The van der Waals surface area contributed by atoms with Crippen LogP contribution in [0.25, 0.3) is 0 Å². The molecule has 88 valence electrons. The van der Waals surface area contributed by atoms with Crippen LogP contribution in [0, 0.1) is 17.2 Å². The van der Waals surface area contributed by atoms with Crippen molar-refractivity contribution in [1.82, 2.24) is 4.98 Å². The molecule has 0 amide bonds. The molecule has 2 rings (SSSR count). The predicted octanol–water partition coefficient (Wildman–Crippen LogP) is 1.68. The first-order valence-electron chi connectivity index (χ1n) is 5.69. The minimum Gasteiger partial charge on any atom is -0.378 e. The van der Waals surface area contributed by atoms with Gasteiger partial charge in [-0.2, -0.15) is 5.26 Å². The van der Waals surface area contributed by atoms with Gasteiger partial charge >= 0.3 is 0 Å². The molecule has 1 aliphatic heterocycles. The summed E-state index contributed by atoms with van der Waals surface area (Å²) in [5.74, 6) is -0.899. The van der Waals surface area contributed by atoms with Gasteiger partial charge in [-0.05, 0) is 31.0 Å². The number of ketones is 1. The Labute approximate surface area is 100 Å². The second-order valence-corrected chi connectivity index (χ2v) is 4.22. The predicted molar refractivity (Wildman–Crippen MR) is 61.1 cm³/mol. The standard InChI is InChI=1S/C13H14N2O2/c1-9-11(4-7-17-9)13(16)12(8-14)10-2-5-15-6-3-10/h2-3,5-6,9,11-12H,4,7H2,1H3. The maximum atomic E-state index is 12.3. The fraction of sp³-hybridized carbons (Fsp3) is 0.462. The SMILES string of the molecule is CC1OCCC1C(=O)C(C#N)c1ccncc1. The smallest absolute Gasteiger partial charge is 0.160 e. The van der Waals surface area contributed by atoms with Crippen LogP contribution in [0.2, 0.25) is 0 Å². The largest absolute Gasteiger partial charge is 0.378 e. The van der Waals surface area contributed by atoms with Crippen molar-refractivity contribution in [2.75, 3.05) is 6.61 Å². The third kappa shape index (κ3) is 2.34. The van der Waals surface area contributed by atoms with E-state index in [1.54, 1.807) is 24.5 Å². The number of nitrogens with zero attached hydrogens (tertiary/aromatic N) is 2. The Morgan fingerprint density at radius 3 is 2.82 bits per heavy atom. The molecule has 3 atom stereocenters. The van der Waals surface area contributed by atoms with Gasteiger partial charge in [0, 0.05) is 24.9 Å². The molecule has 1 aliphatic rings. The van der Waals surface area contributed by atoms with Crippen LogP contribution >= 0.6 is 0 Å². The first kappa shape index (κ1) is 11.7. The minimum atomic E-state index is -0.702. The lowest BCUT2D eigenvalue weighted by molar-refractivity contribution is -0.124. The Bertz CT molecular complexity index is 438. The van der Waals surface area contributed by atoms with Gasteiger partial charge in [0.15, 0.2) is 5.78 Å². The van der Waals surface area contributed by atoms with E-state index in [9.17, 15) is 4.79 Å². The van der Waals surface area contributed by atoms with Gasteiger partial charge in [0.1, 0.15) is 5.92 Å². The Morgan fingerprint density at radius 1 is 1.59 bits per heavy atom. The zero-order chi connectivity index (χ0) is 12.3. The molecule has 2 heterocycles. The number of rotatable bonds is 3. The molecule has 1 aromatic rings. The van der Waals surface area contributed by atoms with Gasteiger partial charge < -0.3 is 4.74 Å². The van der Waals surface area contributed by atoms with Crippen LogP contribution in [-0.2, 0) is 9.53 Å². The van der Waals surface area contributed by atoms with Crippen molar-refractivity contribution in [3.8, 4) is 6.07 Å². The number of hydrogen-bond donors (Lipinski definition) is 0. The summed E-state index contributed by atoms with van der Waals surface area (Å²) in [6.07, 6.45) is 3.83. The van der Waals surface area contributed by atoms with E-state index in [0.29, 0.717) is 18.6 Å². The first-order valence-corrected chi connectivity index (χ1v) is 5.69. The van der Waals surface area contributed by atoms with E-state index in [0.717, 1.165) is 0 Å². The first-order chi connectivity index (χ1) is 8.24. The molecule has 1 aromatic heterocycles. The second kappa shape index (κ2) is 5.07. The number of carbonyl (C=O) groups excluding carboxylic acids is 1. The zero-order valence-electron chi connectivity index (χ0n) is 9.67. The maximum absolute atomic E-state index is 12.3. The summed E-state index contributed by atoms with van der Waals surface area (Å²) in [7, 11) is 0. The molecule has 17 heavy (non-hydrogen) atoms. The highest BCUT2D eigenvalue weighted by molar-refractivity contribution is 5.90. The summed E-state index contributed by atoms with van der Waals surface area (Å²) in [5.41, 5.74) is 0.714. The summed E-state index contributed by atoms with van der Waals surface area (Å²) >= 11 is 0. The normalized spacial score (nSPS) is 25.2. The fourth-order valence-electron chi connectivity index (χ4n) is 2.18. The molecule has 0 N–H and O–H groups in total. The lowest BCUT2D eigenvalue weighted by atomic mass is 9.85. The zero-order valence-corrected chi connectivity index (χ0v) is 9.67. The Hall–Kier alpha value is -1.73. The number of aromatic nitrogens is 1. The number of hydrogen-bond acceptors (Lipinski definition) is 4. The van der Waals surface area contributed by atoms with Gasteiger partial charge in [-0.25, -0.2) is 0 Å². The van der Waals surface area contributed by atoms with Crippen LogP contribution in [-0.4, -0.2) is 23.5 Å². The summed E-state index contributed by atoms with van der Waals surface area (Å²) in [6.45, 7) is 2.49. The topological polar surface area (TPSA) is 63.0 Å². The number of nitriles is 1. The summed E-state index contributed by atoms with van der Waals surface area (Å²) in [4.78, 5) is 16.2. The quantitative estimate of drug-likeness (QED) is 0.792. The van der Waals surface area contributed by atoms with Crippen molar-refractivity contribution < 1.29 is 9.53 Å². The molecule has 3 unspecified atom stereocenters. The van der Waals surface area contributed by atoms with E-state index in [-0.39, 0.29) is 17.8 Å². The molecule has 4 heteroatoms. The lowest BCUT2D eigenvalue weighted by Crippen LogP contribution is -2.26. The van der Waals surface area contributed by atoms with Gasteiger partial charge in [0.05, 0.1) is 12.2 Å². The van der Waals surface area contributed by atoms with E-state index in [4.69, 9.17) is 10.00 Å². The van der Waals surface area contributed by atoms with Gasteiger partial charge in [-0.3, -0.25) is 9.78 Å². The van der Waals surface area contributed by atoms with Crippen molar-refractivity contribution in [2.45, 2.75) is 25.4 Å². The van der Waals surface area contributed by atoms with Crippen LogP contribution in [0.5, 0.6) is 0 Å². The van der Waals surface area contributed by atoms with E-state index >= 15 is 0 Å². The average molecular weight is 230 g/mol. The monoisotopic (exact) mass is 230 g/mol. The van der Waals surface area contributed by atoms with Gasteiger partial charge in [-0.15, -0.1) is 0 Å². The van der Waals surface area contributed by atoms with E-state index in [1.165, 1.54) is 0 Å². The summed E-state index contributed by atoms with van der Waals surface area (Å²) in [5, 5.41) is 9.16.